The molecule has 1 atom stereocenters. The van der Waals surface area contributed by atoms with Crippen LogP contribution in [0.5, 0.6) is 0 Å². The molecule has 1 rings (SSSR count). The molecule has 0 heterocycles. The van der Waals surface area contributed by atoms with Crippen molar-refractivity contribution < 1.29 is 21.5 Å². The third-order valence-corrected chi connectivity index (χ3v) is 3.24. The molecule has 1 nitrogen and oxygen atoms in total. The monoisotopic (exact) mass is 307 g/mol. The first-order valence-corrected chi connectivity index (χ1v) is 6.03. The molecule has 0 bridgehead atoms. The van der Waals surface area contributed by atoms with E-state index in [1.54, 1.807) is 0 Å². The SMILES string of the molecule is C#CC[N+](C)(C)C(C=C)CCc1ccccc1.[Br-]. The van der Waals surface area contributed by atoms with E-state index < -0.39 is 0 Å². The molecule has 1 aromatic carbocycles. The Bertz CT molecular complexity index is 389. The fraction of sp³-hybridized carbons (Fsp3) is 0.375. The molecule has 0 saturated carbocycles. The van der Waals surface area contributed by atoms with Crippen molar-refractivity contribution in [3.63, 3.8) is 0 Å². The van der Waals surface area contributed by atoms with Crippen molar-refractivity contribution in [3.05, 3.63) is 48.6 Å². The second kappa shape index (κ2) is 8.13. The molecule has 1 unspecified atom stereocenters. The quantitative estimate of drug-likeness (QED) is 0.391. The molecule has 0 aliphatic rings. The summed E-state index contributed by atoms with van der Waals surface area (Å²) in [5.74, 6) is 2.75. The highest BCUT2D eigenvalue weighted by Gasteiger charge is 2.23. The molecule has 1 aromatic rings. The summed E-state index contributed by atoms with van der Waals surface area (Å²) < 4.78 is 0.812. The highest BCUT2D eigenvalue weighted by atomic mass is 79.9. The Kier molecular flexibility index (Phi) is 7.66. The highest BCUT2D eigenvalue weighted by molar-refractivity contribution is 5.14. The van der Waals surface area contributed by atoms with Gasteiger partial charge in [0.15, 0.2) is 0 Å². The van der Waals surface area contributed by atoms with E-state index in [-0.39, 0.29) is 17.0 Å². The second-order valence-electron chi connectivity index (χ2n) is 4.97. The first-order chi connectivity index (χ1) is 8.10. The van der Waals surface area contributed by atoms with E-state index in [0.29, 0.717) is 6.04 Å². The number of hydrogen-bond acceptors (Lipinski definition) is 0. The molecule has 0 amide bonds. The first-order valence-electron chi connectivity index (χ1n) is 6.03. The number of likely N-dealkylation sites (N-methyl/N-ethyl adjacent to an activating group) is 1. The normalized spacial score (nSPS) is 12.1. The summed E-state index contributed by atoms with van der Waals surface area (Å²) in [7, 11) is 4.33. The highest BCUT2D eigenvalue weighted by Crippen LogP contribution is 2.14. The van der Waals surface area contributed by atoms with Gasteiger partial charge in [0.2, 0.25) is 0 Å². The van der Waals surface area contributed by atoms with Gasteiger partial charge in [-0.05, 0) is 24.0 Å². The Labute approximate surface area is 122 Å². The molecule has 18 heavy (non-hydrogen) atoms. The standard InChI is InChI=1S/C16H22N.BrH/c1-5-14-17(3,4)16(6-2)13-12-15-10-8-7-9-11-15;/h1,6-11,16H,2,12-14H2,3-4H3;1H/q+1;/p-1. The molecule has 0 spiro atoms. The van der Waals surface area contributed by atoms with Crippen LogP contribution in [-0.2, 0) is 6.42 Å². The van der Waals surface area contributed by atoms with Crippen LogP contribution in [-0.4, -0.2) is 31.2 Å². The van der Waals surface area contributed by atoms with Gasteiger partial charge < -0.3 is 21.5 Å². The maximum atomic E-state index is 5.41. The zero-order chi connectivity index (χ0) is 12.7. The van der Waals surface area contributed by atoms with Crippen molar-refractivity contribution in [2.24, 2.45) is 0 Å². The minimum absolute atomic E-state index is 0. The molecule has 0 saturated heterocycles. The van der Waals surface area contributed by atoms with E-state index in [1.807, 2.05) is 12.1 Å². The smallest absolute Gasteiger partial charge is 0.140 e. The maximum absolute atomic E-state index is 5.41. The lowest BCUT2D eigenvalue weighted by Gasteiger charge is -2.34. The molecule has 0 aromatic heterocycles. The van der Waals surface area contributed by atoms with Gasteiger partial charge in [0, 0.05) is 6.42 Å². The number of aryl methyl sites for hydroxylation is 1. The fourth-order valence-corrected chi connectivity index (χ4v) is 2.06. The van der Waals surface area contributed by atoms with Crippen molar-refractivity contribution in [2.45, 2.75) is 18.9 Å². The lowest BCUT2D eigenvalue weighted by Crippen LogP contribution is -3.00. The predicted octanol–water partition coefficient (Wildman–Crippen LogP) is -0.113. The number of halogens is 1. The van der Waals surface area contributed by atoms with Gasteiger partial charge in [0.1, 0.15) is 12.6 Å². The van der Waals surface area contributed by atoms with Crippen molar-refractivity contribution in [1.29, 1.82) is 0 Å². The molecule has 0 radical (unpaired) electrons. The van der Waals surface area contributed by atoms with Crippen LogP contribution in [0, 0.1) is 12.3 Å². The van der Waals surface area contributed by atoms with Crippen LogP contribution in [0.4, 0.5) is 0 Å². The van der Waals surface area contributed by atoms with E-state index in [1.165, 1.54) is 5.56 Å². The molecular weight excluding hydrogens is 286 g/mol. The van der Waals surface area contributed by atoms with Crippen molar-refractivity contribution in [2.75, 3.05) is 20.6 Å². The Morgan fingerprint density at radius 3 is 2.44 bits per heavy atom. The summed E-state index contributed by atoms with van der Waals surface area (Å²) in [5, 5.41) is 0. The topological polar surface area (TPSA) is 0 Å². The van der Waals surface area contributed by atoms with E-state index >= 15 is 0 Å². The van der Waals surface area contributed by atoms with E-state index in [2.05, 4.69) is 50.9 Å². The number of quaternary nitrogens is 1. The zero-order valence-corrected chi connectivity index (χ0v) is 12.9. The Morgan fingerprint density at radius 1 is 1.33 bits per heavy atom. The number of terminal acetylenes is 1. The predicted molar refractivity (Wildman–Crippen MR) is 74.6 cm³/mol. The van der Waals surface area contributed by atoms with Crippen molar-refractivity contribution >= 4 is 0 Å². The maximum Gasteiger partial charge on any atom is 0.140 e. The number of nitrogens with zero attached hydrogens (tertiary/aromatic N) is 1. The Hall–Kier alpha value is -1.04. The molecule has 2 heteroatoms. The van der Waals surface area contributed by atoms with E-state index in [4.69, 9.17) is 6.42 Å². The van der Waals surface area contributed by atoms with Crippen LogP contribution in [0.1, 0.15) is 12.0 Å². The van der Waals surface area contributed by atoms with Crippen molar-refractivity contribution in [1.82, 2.24) is 0 Å². The largest absolute Gasteiger partial charge is 1.00 e. The molecule has 98 valence electrons. The lowest BCUT2D eigenvalue weighted by atomic mass is 10.0. The van der Waals surface area contributed by atoms with Crippen LogP contribution >= 0.6 is 0 Å². The number of hydrogen-bond donors (Lipinski definition) is 0. The van der Waals surface area contributed by atoms with Crippen LogP contribution in [0.3, 0.4) is 0 Å². The van der Waals surface area contributed by atoms with Gasteiger partial charge >= 0.3 is 0 Å². The molecule has 0 aliphatic heterocycles. The van der Waals surface area contributed by atoms with Crippen LogP contribution < -0.4 is 17.0 Å². The van der Waals surface area contributed by atoms with Crippen LogP contribution in [0.25, 0.3) is 0 Å². The van der Waals surface area contributed by atoms with Crippen LogP contribution in [0.15, 0.2) is 43.0 Å². The van der Waals surface area contributed by atoms with Crippen LogP contribution in [0.2, 0.25) is 0 Å². The van der Waals surface area contributed by atoms with Gasteiger partial charge in [0.25, 0.3) is 0 Å². The second-order valence-corrected chi connectivity index (χ2v) is 4.97. The van der Waals surface area contributed by atoms with Gasteiger partial charge in [-0.15, -0.1) is 6.42 Å². The fourth-order valence-electron chi connectivity index (χ4n) is 2.06. The average Bonchev–Trinajstić information content (AvgIpc) is 2.30. The number of benzene rings is 1. The van der Waals surface area contributed by atoms with Gasteiger partial charge in [-0.1, -0.05) is 36.9 Å². The molecule has 0 fully saturated rings. The summed E-state index contributed by atoms with van der Waals surface area (Å²) in [5.41, 5.74) is 1.38. The summed E-state index contributed by atoms with van der Waals surface area (Å²) in [6.07, 6.45) is 9.60. The van der Waals surface area contributed by atoms with Gasteiger partial charge in [-0.3, -0.25) is 0 Å². The van der Waals surface area contributed by atoms with Gasteiger partial charge in [0.05, 0.1) is 14.1 Å². The van der Waals surface area contributed by atoms with E-state index in [0.717, 1.165) is 23.9 Å². The lowest BCUT2D eigenvalue weighted by molar-refractivity contribution is -0.901. The Morgan fingerprint density at radius 2 is 1.94 bits per heavy atom. The summed E-state index contributed by atoms with van der Waals surface area (Å²) in [6, 6.07) is 11.0. The summed E-state index contributed by atoms with van der Waals surface area (Å²) >= 11 is 0. The minimum Gasteiger partial charge on any atom is -1.00 e. The van der Waals surface area contributed by atoms with E-state index in [9.17, 15) is 0 Å². The summed E-state index contributed by atoms with van der Waals surface area (Å²) in [6.45, 7) is 4.68. The third-order valence-electron chi connectivity index (χ3n) is 3.24. The molecule has 0 N–H and O–H groups in total. The average molecular weight is 308 g/mol. The molecule has 0 aliphatic carbocycles. The molecular formula is C16H22BrN. The van der Waals surface area contributed by atoms with Crippen molar-refractivity contribution in [3.8, 4) is 12.3 Å². The first kappa shape index (κ1) is 17.0. The zero-order valence-electron chi connectivity index (χ0n) is 11.3. The number of rotatable bonds is 6. The minimum atomic E-state index is 0. The van der Waals surface area contributed by atoms with Gasteiger partial charge in [-0.2, -0.15) is 0 Å². The Balaban J connectivity index is 0.00000289. The third kappa shape index (κ3) is 5.08. The van der Waals surface area contributed by atoms with Gasteiger partial charge in [-0.25, -0.2) is 0 Å². The summed E-state index contributed by atoms with van der Waals surface area (Å²) in [4.78, 5) is 0.